The predicted octanol–water partition coefficient (Wildman–Crippen LogP) is -0.590. The third kappa shape index (κ3) is 3.72. The Bertz CT molecular complexity index is 421. The summed E-state index contributed by atoms with van der Waals surface area (Å²) in [5, 5.41) is 2.84. The lowest BCUT2D eigenvalue weighted by atomic mass is 10.5. The lowest BCUT2D eigenvalue weighted by Crippen LogP contribution is -2.32. The SMILES string of the molecule is CCN(C)C(=O)CNc1nc(N)nc(N(C)C)n1. The smallest absolute Gasteiger partial charge is 0.241 e. The second kappa shape index (κ2) is 5.99. The Morgan fingerprint density at radius 1 is 1.28 bits per heavy atom. The van der Waals surface area contributed by atoms with Crippen molar-refractivity contribution < 1.29 is 4.79 Å². The van der Waals surface area contributed by atoms with E-state index in [1.807, 2.05) is 6.92 Å². The molecule has 0 saturated heterocycles. The van der Waals surface area contributed by atoms with Crippen LogP contribution in [0.2, 0.25) is 0 Å². The monoisotopic (exact) mass is 253 g/mol. The molecule has 3 N–H and O–H groups in total. The summed E-state index contributed by atoms with van der Waals surface area (Å²) in [5.41, 5.74) is 5.57. The second-order valence-corrected chi connectivity index (χ2v) is 3.97. The van der Waals surface area contributed by atoms with Crippen LogP contribution in [0.15, 0.2) is 0 Å². The number of rotatable bonds is 5. The average molecular weight is 253 g/mol. The maximum absolute atomic E-state index is 11.6. The number of carbonyl (C=O) groups is 1. The number of amides is 1. The van der Waals surface area contributed by atoms with E-state index in [1.54, 1.807) is 30.9 Å². The molecule has 1 aromatic heterocycles. The van der Waals surface area contributed by atoms with Gasteiger partial charge in [0.1, 0.15) is 0 Å². The fraction of sp³-hybridized carbons (Fsp3) is 0.600. The first-order chi connectivity index (χ1) is 8.43. The van der Waals surface area contributed by atoms with E-state index in [-0.39, 0.29) is 18.4 Å². The number of hydrogen-bond acceptors (Lipinski definition) is 7. The molecular formula is C10H19N7O. The molecule has 1 heterocycles. The third-order valence-electron chi connectivity index (χ3n) is 2.34. The van der Waals surface area contributed by atoms with Gasteiger partial charge in [-0.1, -0.05) is 0 Å². The summed E-state index contributed by atoms with van der Waals surface area (Å²) in [4.78, 5) is 26.9. The van der Waals surface area contributed by atoms with Crippen LogP contribution < -0.4 is 16.0 Å². The van der Waals surface area contributed by atoms with Crippen molar-refractivity contribution in [2.75, 3.05) is 50.2 Å². The minimum absolute atomic E-state index is 0.0390. The van der Waals surface area contributed by atoms with Gasteiger partial charge < -0.3 is 20.9 Å². The summed E-state index contributed by atoms with van der Waals surface area (Å²) in [6, 6.07) is 0. The maximum atomic E-state index is 11.6. The van der Waals surface area contributed by atoms with Gasteiger partial charge in [0.2, 0.25) is 23.8 Å². The Morgan fingerprint density at radius 2 is 1.94 bits per heavy atom. The molecule has 0 fully saturated rings. The van der Waals surface area contributed by atoms with E-state index < -0.39 is 0 Å². The number of nitrogen functional groups attached to an aromatic ring is 1. The molecule has 1 amide bonds. The Kier molecular flexibility index (Phi) is 4.64. The first-order valence-corrected chi connectivity index (χ1v) is 5.60. The van der Waals surface area contributed by atoms with Crippen LogP contribution in [0.3, 0.4) is 0 Å². The highest BCUT2D eigenvalue weighted by Crippen LogP contribution is 2.08. The highest BCUT2D eigenvalue weighted by molar-refractivity contribution is 5.80. The zero-order valence-corrected chi connectivity index (χ0v) is 11.1. The molecule has 0 aliphatic rings. The molecule has 0 unspecified atom stereocenters. The average Bonchev–Trinajstić information content (AvgIpc) is 2.34. The quantitative estimate of drug-likeness (QED) is 0.723. The van der Waals surface area contributed by atoms with Gasteiger partial charge in [0.25, 0.3) is 0 Å². The molecule has 0 aliphatic heterocycles. The van der Waals surface area contributed by atoms with E-state index in [1.165, 1.54) is 0 Å². The highest BCUT2D eigenvalue weighted by atomic mass is 16.2. The summed E-state index contributed by atoms with van der Waals surface area (Å²) in [5.74, 6) is 0.820. The number of nitrogens with zero attached hydrogens (tertiary/aromatic N) is 5. The van der Waals surface area contributed by atoms with Gasteiger partial charge in [0.15, 0.2) is 0 Å². The van der Waals surface area contributed by atoms with Gasteiger partial charge in [0.05, 0.1) is 6.54 Å². The van der Waals surface area contributed by atoms with Gasteiger partial charge in [-0.3, -0.25) is 4.79 Å². The van der Waals surface area contributed by atoms with Crippen molar-refractivity contribution in [3.05, 3.63) is 0 Å². The number of aromatic nitrogens is 3. The molecule has 0 aromatic carbocycles. The first kappa shape index (κ1) is 13.9. The minimum atomic E-state index is -0.0390. The van der Waals surface area contributed by atoms with Gasteiger partial charge in [-0.2, -0.15) is 15.0 Å². The summed E-state index contributed by atoms with van der Waals surface area (Å²) >= 11 is 0. The number of nitrogens with one attached hydrogen (secondary N) is 1. The molecule has 18 heavy (non-hydrogen) atoms. The molecular weight excluding hydrogens is 234 g/mol. The Morgan fingerprint density at radius 3 is 2.50 bits per heavy atom. The minimum Gasteiger partial charge on any atom is -0.368 e. The van der Waals surface area contributed by atoms with E-state index in [0.717, 1.165) is 0 Å². The molecule has 1 aromatic rings. The summed E-state index contributed by atoms with van der Waals surface area (Å²) in [7, 11) is 5.33. The fourth-order valence-electron chi connectivity index (χ4n) is 1.13. The van der Waals surface area contributed by atoms with Crippen LogP contribution in [0.1, 0.15) is 6.92 Å². The Balaban J connectivity index is 2.70. The number of nitrogens with two attached hydrogens (primary N) is 1. The summed E-state index contributed by atoms with van der Waals surface area (Å²) in [6.45, 7) is 2.69. The lowest BCUT2D eigenvalue weighted by molar-refractivity contribution is -0.127. The molecule has 100 valence electrons. The van der Waals surface area contributed by atoms with Gasteiger partial charge in [0, 0.05) is 27.7 Å². The second-order valence-electron chi connectivity index (χ2n) is 3.97. The van der Waals surface area contributed by atoms with Crippen molar-refractivity contribution in [2.24, 2.45) is 0 Å². The molecule has 0 spiro atoms. The standard InChI is InChI=1S/C10H19N7O/c1-5-17(4)7(18)6-12-9-13-8(11)14-10(15-9)16(2)3/h5-6H2,1-4H3,(H3,11,12,13,14,15). The van der Waals surface area contributed by atoms with Crippen molar-refractivity contribution in [1.82, 2.24) is 19.9 Å². The van der Waals surface area contributed by atoms with Crippen molar-refractivity contribution in [2.45, 2.75) is 6.92 Å². The van der Waals surface area contributed by atoms with Crippen LogP contribution in [0.5, 0.6) is 0 Å². The largest absolute Gasteiger partial charge is 0.368 e. The van der Waals surface area contributed by atoms with E-state index in [2.05, 4.69) is 20.3 Å². The topological polar surface area (TPSA) is 100 Å². The predicted molar refractivity (Wildman–Crippen MR) is 70.4 cm³/mol. The molecule has 0 aliphatic carbocycles. The van der Waals surface area contributed by atoms with Crippen molar-refractivity contribution in [1.29, 1.82) is 0 Å². The van der Waals surface area contributed by atoms with Gasteiger partial charge in [-0.15, -0.1) is 0 Å². The van der Waals surface area contributed by atoms with E-state index in [0.29, 0.717) is 18.4 Å². The van der Waals surface area contributed by atoms with E-state index in [4.69, 9.17) is 5.73 Å². The maximum Gasteiger partial charge on any atom is 0.241 e. The molecule has 0 atom stereocenters. The number of hydrogen-bond donors (Lipinski definition) is 2. The summed E-state index contributed by atoms with van der Waals surface area (Å²) in [6.07, 6.45) is 0. The van der Waals surface area contributed by atoms with Crippen LogP contribution in [-0.4, -0.2) is 60.0 Å². The number of likely N-dealkylation sites (N-methyl/N-ethyl adjacent to an activating group) is 1. The Labute approximate surface area is 106 Å². The lowest BCUT2D eigenvalue weighted by Gasteiger charge is -2.15. The number of carbonyl (C=O) groups excluding carboxylic acids is 1. The van der Waals surface area contributed by atoms with Crippen LogP contribution in [0.25, 0.3) is 0 Å². The van der Waals surface area contributed by atoms with E-state index >= 15 is 0 Å². The Hall–Kier alpha value is -2.12. The van der Waals surface area contributed by atoms with Crippen molar-refractivity contribution >= 4 is 23.8 Å². The third-order valence-corrected chi connectivity index (χ3v) is 2.34. The number of anilines is 3. The van der Waals surface area contributed by atoms with Crippen molar-refractivity contribution in [3.63, 3.8) is 0 Å². The summed E-state index contributed by atoms with van der Waals surface area (Å²) < 4.78 is 0. The van der Waals surface area contributed by atoms with Crippen LogP contribution in [0.4, 0.5) is 17.8 Å². The fourth-order valence-corrected chi connectivity index (χ4v) is 1.13. The van der Waals surface area contributed by atoms with Crippen LogP contribution in [-0.2, 0) is 4.79 Å². The zero-order chi connectivity index (χ0) is 13.7. The zero-order valence-electron chi connectivity index (χ0n) is 11.1. The molecule has 1 rings (SSSR count). The van der Waals surface area contributed by atoms with Crippen LogP contribution in [0, 0.1) is 0 Å². The van der Waals surface area contributed by atoms with E-state index in [9.17, 15) is 4.79 Å². The van der Waals surface area contributed by atoms with Gasteiger partial charge in [-0.05, 0) is 6.92 Å². The molecule has 8 nitrogen and oxygen atoms in total. The molecule has 0 radical (unpaired) electrons. The normalized spacial score (nSPS) is 10.0. The van der Waals surface area contributed by atoms with Gasteiger partial charge in [-0.25, -0.2) is 0 Å². The molecule has 8 heteroatoms. The van der Waals surface area contributed by atoms with Gasteiger partial charge >= 0.3 is 0 Å². The van der Waals surface area contributed by atoms with Crippen LogP contribution >= 0.6 is 0 Å². The highest BCUT2D eigenvalue weighted by Gasteiger charge is 2.09. The molecule has 0 saturated carbocycles. The first-order valence-electron chi connectivity index (χ1n) is 5.60. The van der Waals surface area contributed by atoms with Crippen molar-refractivity contribution in [3.8, 4) is 0 Å². The molecule has 0 bridgehead atoms.